The Morgan fingerprint density at radius 2 is 1.00 bits per heavy atom. The highest BCUT2D eigenvalue weighted by atomic mass is 32.1. The molecule has 0 aliphatic heterocycles. The van der Waals surface area contributed by atoms with Crippen molar-refractivity contribution in [2.45, 2.75) is 30.6 Å². The monoisotopic (exact) mass is 489 g/mol. The third-order valence-corrected chi connectivity index (χ3v) is 5.91. The summed E-state index contributed by atoms with van der Waals surface area (Å²) in [6, 6.07) is 27.6. The third kappa shape index (κ3) is 8.94. The lowest BCUT2D eigenvalue weighted by Crippen LogP contribution is -2.57. The molecule has 3 aromatic rings. The molecule has 0 aliphatic carbocycles. The first kappa shape index (κ1) is 26.0. The fourth-order valence-corrected chi connectivity index (χ4v) is 3.86. The molecule has 0 radical (unpaired) electrons. The van der Waals surface area contributed by atoms with Gasteiger partial charge in [0.05, 0.1) is 5.25 Å². The predicted octanol–water partition coefficient (Wildman–Crippen LogP) is 2.73. The Morgan fingerprint density at radius 1 is 0.600 bits per heavy atom. The van der Waals surface area contributed by atoms with Crippen LogP contribution in [0.2, 0.25) is 0 Å². The molecule has 35 heavy (non-hydrogen) atoms. The van der Waals surface area contributed by atoms with E-state index in [1.54, 1.807) is 0 Å². The van der Waals surface area contributed by atoms with Crippen molar-refractivity contribution in [3.63, 3.8) is 0 Å². The molecule has 3 aromatic carbocycles. The van der Waals surface area contributed by atoms with Crippen LogP contribution in [0.5, 0.6) is 0 Å². The number of hydrogen-bond acceptors (Lipinski definition) is 4. The number of amides is 3. The smallest absolute Gasteiger partial charge is 0.252 e. The van der Waals surface area contributed by atoms with Crippen LogP contribution in [0, 0.1) is 0 Å². The maximum atomic E-state index is 12.9. The van der Waals surface area contributed by atoms with Gasteiger partial charge in [-0.25, -0.2) is 0 Å². The lowest BCUT2D eigenvalue weighted by molar-refractivity contribution is -0.136. The second kappa shape index (κ2) is 14.0. The maximum Gasteiger partial charge on any atom is 0.252 e. The molecule has 6 nitrogen and oxygen atoms in total. The minimum Gasteiger partial charge on any atom is -0.354 e. The van der Waals surface area contributed by atoms with Crippen LogP contribution in [0.1, 0.15) is 16.7 Å². The van der Waals surface area contributed by atoms with Crippen molar-refractivity contribution >= 4 is 30.4 Å². The van der Waals surface area contributed by atoms with Crippen LogP contribution in [0.4, 0.5) is 0 Å². The Hall–Kier alpha value is -3.58. The summed E-state index contributed by atoms with van der Waals surface area (Å²) < 4.78 is 0. The van der Waals surface area contributed by atoms with Gasteiger partial charge in [-0.1, -0.05) is 91.0 Å². The molecular formula is C28H31N3O3S. The van der Waals surface area contributed by atoms with E-state index >= 15 is 0 Å². The molecule has 0 fully saturated rings. The Kier molecular flexibility index (Phi) is 10.4. The summed E-state index contributed by atoms with van der Waals surface area (Å²) in [6.45, 7) is 0.696. The summed E-state index contributed by atoms with van der Waals surface area (Å²) >= 11 is 4.41. The van der Waals surface area contributed by atoms with E-state index in [-0.39, 0.29) is 0 Å². The van der Waals surface area contributed by atoms with Crippen molar-refractivity contribution in [2.75, 3.05) is 13.1 Å². The van der Waals surface area contributed by atoms with Gasteiger partial charge in [-0.3, -0.25) is 14.4 Å². The molecule has 3 rings (SSSR count). The number of benzene rings is 3. The standard InChI is InChI=1S/C28H31N3O3S/c32-26(24(35)20-23-14-8-3-9-15-23)31-25(27(33)29-18-16-21-10-4-1-5-11-21)28(34)30-19-17-22-12-6-2-7-13-22/h1-15,24-25,35H,16-20H2,(H,29,33)(H,30,34)(H,31,32). The largest absolute Gasteiger partial charge is 0.354 e. The van der Waals surface area contributed by atoms with Gasteiger partial charge in [-0.05, 0) is 36.0 Å². The van der Waals surface area contributed by atoms with E-state index in [0.29, 0.717) is 32.4 Å². The molecule has 7 heteroatoms. The molecule has 1 atom stereocenters. The zero-order chi connectivity index (χ0) is 24.9. The molecular weight excluding hydrogens is 458 g/mol. The first-order valence-corrected chi connectivity index (χ1v) is 12.2. The van der Waals surface area contributed by atoms with Crippen LogP contribution >= 0.6 is 12.6 Å². The minimum atomic E-state index is -1.35. The first-order chi connectivity index (χ1) is 17.0. The van der Waals surface area contributed by atoms with E-state index in [9.17, 15) is 14.4 Å². The summed E-state index contributed by atoms with van der Waals surface area (Å²) in [5.41, 5.74) is 3.08. The molecule has 1 unspecified atom stereocenters. The highest BCUT2D eigenvalue weighted by Gasteiger charge is 2.30. The Labute approximate surface area is 211 Å². The van der Waals surface area contributed by atoms with Crippen LogP contribution in [0.3, 0.4) is 0 Å². The Bertz CT molecular complexity index is 1020. The Morgan fingerprint density at radius 3 is 1.43 bits per heavy atom. The van der Waals surface area contributed by atoms with Gasteiger partial charge < -0.3 is 16.0 Å². The molecule has 0 aromatic heterocycles. The van der Waals surface area contributed by atoms with Crippen LogP contribution in [-0.4, -0.2) is 42.1 Å². The topological polar surface area (TPSA) is 87.3 Å². The highest BCUT2D eigenvalue weighted by molar-refractivity contribution is 7.81. The van der Waals surface area contributed by atoms with Gasteiger partial charge >= 0.3 is 0 Å². The molecule has 3 N–H and O–H groups in total. The second-order valence-electron chi connectivity index (χ2n) is 8.20. The van der Waals surface area contributed by atoms with E-state index in [2.05, 4.69) is 28.6 Å². The zero-order valence-corrected chi connectivity index (χ0v) is 20.4. The van der Waals surface area contributed by atoms with Gasteiger partial charge in [0.2, 0.25) is 5.91 Å². The summed E-state index contributed by atoms with van der Waals surface area (Å²) in [4.78, 5) is 38.6. The predicted molar refractivity (Wildman–Crippen MR) is 141 cm³/mol. The Balaban J connectivity index is 1.59. The number of carbonyl (C=O) groups is 3. The molecule has 0 saturated carbocycles. The molecule has 0 saturated heterocycles. The van der Waals surface area contributed by atoms with Crippen molar-refractivity contribution < 1.29 is 14.4 Å². The SMILES string of the molecule is O=C(NC(C(=O)NCCc1ccccc1)C(=O)NCCc1ccccc1)C(S)Cc1ccccc1. The number of nitrogens with one attached hydrogen (secondary N) is 3. The second-order valence-corrected chi connectivity index (χ2v) is 8.82. The van der Waals surface area contributed by atoms with E-state index in [0.717, 1.165) is 16.7 Å². The summed E-state index contributed by atoms with van der Waals surface area (Å²) in [5.74, 6) is -1.57. The maximum absolute atomic E-state index is 12.9. The van der Waals surface area contributed by atoms with Gasteiger partial charge in [0.15, 0.2) is 6.04 Å². The van der Waals surface area contributed by atoms with Gasteiger partial charge in [-0.15, -0.1) is 0 Å². The van der Waals surface area contributed by atoms with Crippen molar-refractivity contribution in [1.29, 1.82) is 0 Å². The fourth-order valence-electron chi connectivity index (χ4n) is 3.57. The lowest BCUT2D eigenvalue weighted by Gasteiger charge is -2.20. The van der Waals surface area contributed by atoms with E-state index < -0.39 is 29.0 Å². The van der Waals surface area contributed by atoms with Crippen LogP contribution < -0.4 is 16.0 Å². The number of thiol groups is 1. The quantitative estimate of drug-likeness (QED) is 0.233. The first-order valence-electron chi connectivity index (χ1n) is 11.7. The van der Waals surface area contributed by atoms with Crippen LogP contribution in [0.15, 0.2) is 91.0 Å². The summed E-state index contributed by atoms with van der Waals surface area (Å²) in [5, 5.41) is 7.44. The van der Waals surface area contributed by atoms with Gasteiger partial charge in [-0.2, -0.15) is 12.6 Å². The average Bonchev–Trinajstić information content (AvgIpc) is 2.88. The number of rotatable bonds is 12. The molecule has 0 aliphatic rings. The van der Waals surface area contributed by atoms with Crippen molar-refractivity contribution in [3.8, 4) is 0 Å². The van der Waals surface area contributed by atoms with Crippen LogP contribution in [0.25, 0.3) is 0 Å². The number of carbonyl (C=O) groups excluding carboxylic acids is 3. The fraction of sp³-hybridized carbons (Fsp3) is 0.250. The molecule has 182 valence electrons. The summed E-state index contributed by atoms with van der Waals surface area (Å²) in [7, 11) is 0. The molecule has 3 amide bonds. The van der Waals surface area contributed by atoms with Gasteiger partial charge in [0.25, 0.3) is 11.8 Å². The van der Waals surface area contributed by atoms with E-state index in [1.807, 2.05) is 91.0 Å². The minimum absolute atomic E-state index is 0.348. The third-order valence-electron chi connectivity index (χ3n) is 5.50. The summed E-state index contributed by atoms with van der Waals surface area (Å²) in [6.07, 6.45) is 1.62. The van der Waals surface area contributed by atoms with Gasteiger partial charge in [0.1, 0.15) is 0 Å². The molecule has 0 spiro atoms. The van der Waals surface area contributed by atoms with E-state index in [4.69, 9.17) is 0 Å². The van der Waals surface area contributed by atoms with Crippen molar-refractivity contribution in [3.05, 3.63) is 108 Å². The highest BCUT2D eigenvalue weighted by Crippen LogP contribution is 2.08. The molecule has 0 bridgehead atoms. The van der Waals surface area contributed by atoms with Crippen molar-refractivity contribution in [2.24, 2.45) is 0 Å². The lowest BCUT2D eigenvalue weighted by atomic mass is 10.1. The van der Waals surface area contributed by atoms with Crippen molar-refractivity contribution in [1.82, 2.24) is 16.0 Å². The molecule has 0 heterocycles. The van der Waals surface area contributed by atoms with Gasteiger partial charge in [0, 0.05) is 13.1 Å². The normalized spacial score (nSPS) is 11.5. The zero-order valence-electron chi connectivity index (χ0n) is 19.5. The average molecular weight is 490 g/mol. The number of hydrogen-bond donors (Lipinski definition) is 4. The van der Waals surface area contributed by atoms with Crippen LogP contribution in [-0.2, 0) is 33.6 Å². The van der Waals surface area contributed by atoms with E-state index in [1.165, 1.54) is 0 Å².